The number of aromatic nitrogens is 2. The summed E-state index contributed by atoms with van der Waals surface area (Å²) in [5, 5.41) is 6.77. The van der Waals surface area contributed by atoms with Gasteiger partial charge in [0.25, 0.3) is 0 Å². The van der Waals surface area contributed by atoms with Crippen molar-refractivity contribution in [1.29, 1.82) is 0 Å². The topological polar surface area (TPSA) is 51.8 Å². The average Bonchev–Trinajstić information content (AvgIpc) is 3.20. The number of hydrogen-bond donors (Lipinski definition) is 0. The van der Waals surface area contributed by atoms with Crippen LogP contribution in [0.5, 0.6) is 5.75 Å². The van der Waals surface area contributed by atoms with Crippen molar-refractivity contribution >= 4 is 17.6 Å². The van der Waals surface area contributed by atoms with Gasteiger partial charge in [0.05, 0.1) is 25.6 Å². The van der Waals surface area contributed by atoms with Crippen molar-refractivity contribution < 1.29 is 4.74 Å². The number of methoxy groups -OCH3 is 1. The molecule has 0 fully saturated rings. The van der Waals surface area contributed by atoms with Crippen LogP contribution in [-0.2, 0) is 6.54 Å². The fraction of sp³-hybridized carbons (Fsp3) is 0.0870. The van der Waals surface area contributed by atoms with E-state index in [4.69, 9.17) is 14.8 Å². The quantitative estimate of drug-likeness (QED) is 0.444. The number of benzene rings is 2. The molecule has 5 nitrogen and oxygen atoms in total. The highest BCUT2D eigenvalue weighted by atomic mass is 32.1. The maximum atomic E-state index is 5.55. The van der Waals surface area contributed by atoms with Crippen molar-refractivity contribution in [3.05, 3.63) is 100 Å². The van der Waals surface area contributed by atoms with Crippen molar-refractivity contribution in [3.63, 3.8) is 0 Å². The summed E-state index contributed by atoms with van der Waals surface area (Å²) in [5.74, 6) is 0.797. The third-order valence-corrected chi connectivity index (χ3v) is 5.17. The Balaban J connectivity index is 1.79. The molecule has 0 N–H and O–H groups in total. The third kappa shape index (κ3) is 4.50. The van der Waals surface area contributed by atoms with E-state index >= 15 is 0 Å². The zero-order valence-corrected chi connectivity index (χ0v) is 16.8. The molecule has 29 heavy (non-hydrogen) atoms. The first-order valence-corrected chi connectivity index (χ1v) is 10.1. The molecular weight excluding hydrogens is 380 g/mol. The van der Waals surface area contributed by atoms with Gasteiger partial charge in [-0.25, -0.2) is 4.68 Å². The van der Waals surface area contributed by atoms with Crippen LogP contribution in [-0.4, -0.2) is 23.0 Å². The molecule has 2 aromatic heterocycles. The van der Waals surface area contributed by atoms with E-state index in [1.807, 2.05) is 59.3 Å². The molecule has 0 aliphatic carbocycles. The SMILES string of the molecule is COc1ccccc1-c1csc(=NCc2ccccc2)n1N=Cc1cccnc1. The standard InChI is InChI=1S/C23H20N4OS/c1-28-22-12-6-5-11-20(22)21-17-29-23(25-15-18-8-3-2-4-9-18)27(21)26-16-19-10-7-13-24-14-19/h2-14,16-17H,15H2,1H3. The smallest absolute Gasteiger partial charge is 0.206 e. The van der Waals surface area contributed by atoms with Crippen LogP contribution in [0.1, 0.15) is 11.1 Å². The van der Waals surface area contributed by atoms with Gasteiger partial charge in [0, 0.05) is 28.9 Å². The lowest BCUT2D eigenvalue weighted by atomic mass is 10.1. The summed E-state index contributed by atoms with van der Waals surface area (Å²) in [6.45, 7) is 0.592. The Kier molecular flexibility index (Phi) is 5.92. The second-order valence-corrected chi connectivity index (χ2v) is 7.08. The fourth-order valence-electron chi connectivity index (χ4n) is 2.88. The number of ether oxygens (including phenoxy) is 1. The van der Waals surface area contributed by atoms with Crippen LogP contribution in [0.4, 0.5) is 0 Å². The molecule has 0 saturated heterocycles. The Morgan fingerprint density at radius 3 is 2.66 bits per heavy atom. The molecule has 6 heteroatoms. The lowest BCUT2D eigenvalue weighted by molar-refractivity contribution is 0.416. The second kappa shape index (κ2) is 9.12. The summed E-state index contributed by atoms with van der Waals surface area (Å²) >= 11 is 1.56. The molecule has 2 aromatic carbocycles. The number of pyridine rings is 1. The Labute approximate surface area is 173 Å². The zero-order valence-electron chi connectivity index (χ0n) is 16.0. The highest BCUT2D eigenvalue weighted by Crippen LogP contribution is 2.29. The lowest BCUT2D eigenvalue weighted by Crippen LogP contribution is -2.12. The molecule has 4 aromatic rings. The van der Waals surface area contributed by atoms with Crippen molar-refractivity contribution in [2.45, 2.75) is 6.54 Å². The predicted octanol–water partition coefficient (Wildman–Crippen LogP) is 4.60. The molecule has 144 valence electrons. The molecule has 2 heterocycles. The molecule has 0 radical (unpaired) electrons. The summed E-state index contributed by atoms with van der Waals surface area (Å²) in [5.41, 5.74) is 3.98. The molecule has 0 amide bonds. The minimum atomic E-state index is 0.592. The summed E-state index contributed by atoms with van der Waals surface area (Å²) in [6, 6.07) is 22.0. The van der Waals surface area contributed by atoms with Crippen molar-refractivity contribution in [1.82, 2.24) is 9.66 Å². The van der Waals surface area contributed by atoms with E-state index in [9.17, 15) is 0 Å². The first kappa shape index (κ1) is 18.8. The Hall–Kier alpha value is -3.51. The van der Waals surface area contributed by atoms with E-state index in [2.05, 4.69) is 22.5 Å². The Morgan fingerprint density at radius 2 is 1.86 bits per heavy atom. The highest BCUT2D eigenvalue weighted by molar-refractivity contribution is 7.07. The van der Waals surface area contributed by atoms with Crippen LogP contribution in [0.3, 0.4) is 0 Å². The lowest BCUT2D eigenvalue weighted by Gasteiger charge is -2.08. The summed E-state index contributed by atoms with van der Waals surface area (Å²) < 4.78 is 7.41. The second-order valence-electron chi connectivity index (χ2n) is 6.25. The number of nitrogens with zero attached hydrogens (tertiary/aromatic N) is 4. The van der Waals surface area contributed by atoms with E-state index in [1.165, 1.54) is 0 Å². The maximum absolute atomic E-state index is 5.55. The molecule has 0 bridgehead atoms. The van der Waals surface area contributed by atoms with Crippen molar-refractivity contribution in [2.75, 3.05) is 7.11 Å². The Morgan fingerprint density at radius 1 is 1.03 bits per heavy atom. The fourth-order valence-corrected chi connectivity index (χ4v) is 3.71. The molecule has 4 rings (SSSR count). The van der Waals surface area contributed by atoms with E-state index in [0.29, 0.717) is 6.54 Å². The first-order chi connectivity index (χ1) is 14.3. The largest absolute Gasteiger partial charge is 0.496 e. The summed E-state index contributed by atoms with van der Waals surface area (Å²) in [6.07, 6.45) is 5.32. The minimum absolute atomic E-state index is 0.592. The van der Waals surface area contributed by atoms with E-state index in [0.717, 1.165) is 32.9 Å². The predicted molar refractivity (Wildman–Crippen MR) is 117 cm³/mol. The Bertz CT molecular complexity index is 1160. The number of hydrogen-bond acceptors (Lipinski definition) is 5. The van der Waals surface area contributed by atoms with Gasteiger partial charge in [-0.3, -0.25) is 9.98 Å². The van der Waals surface area contributed by atoms with E-state index < -0.39 is 0 Å². The monoisotopic (exact) mass is 400 g/mol. The average molecular weight is 401 g/mol. The molecular formula is C23H20N4OS. The normalized spacial score (nSPS) is 11.8. The van der Waals surface area contributed by atoms with Crippen molar-refractivity contribution in [3.8, 4) is 17.0 Å². The van der Waals surface area contributed by atoms with Gasteiger partial charge >= 0.3 is 0 Å². The third-order valence-electron chi connectivity index (χ3n) is 4.31. The van der Waals surface area contributed by atoms with Gasteiger partial charge in [0.2, 0.25) is 4.80 Å². The van der Waals surface area contributed by atoms with Gasteiger partial charge in [-0.1, -0.05) is 48.5 Å². The summed E-state index contributed by atoms with van der Waals surface area (Å²) in [4.78, 5) is 9.77. The summed E-state index contributed by atoms with van der Waals surface area (Å²) in [7, 11) is 1.68. The molecule has 0 saturated carbocycles. The first-order valence-electron chi connectivity index (χ1n) is 9.18. The number of rotatable bonds is 6. The van der Waals surface area contributed by atoms with Gasteiger partial charge < -0.3 is 4.74 Å². The van der Waals surface area contributed by atoms with Crippen LogP contribution >= 0.6 is 11.3 Å². The van der Waals surface area contributed by atoms with Crippen LogP contribution in [0.2, 0.25) is 0 Å². The van der Waals surface area contributed by atoms with E-state index in [1.54, 1.807) is 37.1 Å². The van der Waals surface area contributed by atoms with Gasteiger partial charge in [-0.2, -0.15) is 5.10 Å². The van der Waals surface area contributed by atoms with Crippen LogP contribution in [0.15, 0.2) is 94.6 Å². The number of para-hydroxylation sites is 1. The maximum Gasteiger partial charge on any atom is 0.206 e. The molecule has 0 aliphatic rings. The highest BCUT2D eigenvalue weighted by Gasteiger charge is 2.12. The molecule has 0 atom stereocenters. The zero-order chi connectivity index (χ0) is 19.9. The van der Waals surface area contributed by atoms with Crippen molar-refractivity contribution in [2.24, 2.45) is 10.1 Å². The molecule has 0 spiro atoms. The van der Waals surface area contributed by atoms with Gasteiger partial charge in [-0.05, 0) is 23.8 Å². The van der Waals surface area contributed by atoms with Crippen LogP contribution in [0, 0.1) is 0 Å². The van der Waals surface area contributed by atoms with Gasteiger partial charge in [-0.15, -0.1) is 11.3 Å². The number of thiazole rings is 1. The van der Waals surface area contributed by atoms with Gasteiger partial charge in [0.1, 0.15) is 5.75 Å². The van der Waals surface area contributed by atoms with Crippen LogP contribution in [0.25, 0.3) is 11.3 Å². The molecule has 0 unspecified atom stereocenters. The minimum Gasteiger partial charge on any atom is -0.496 e. The van der Waals surface area contributed by atoms with Gasteiger partial charge in [0.15, 0.2) is 0 Å². The molecule has 0 aliphatic heterocycles. The van der Waals surface area contributed by atoms with E-state index in [-0.39, 0.29) is 0 Å². The van der Waals surface area contributed by atoms with Crippen LogP contribution < -0.4 is 9.54 Å².